The molecule has 4 aromatic carbocycles. The summed E-state index contributed by atoms with van der Waals surface area (Å²) in [6.45, 7) is 15.0. The number of carbonyl (C=O) groups excluding carboxylic acids is 4. The number of halogens is 2. The van der Waals surface area contributed by atoms with Crippen LogP contribution in [0.1, 0.15) is 58.2 Å². The van der Waals surface area contributed by atoms with Crippen molar-refractivity contribution in [1.82, 2.24) is 24.9 Å². The number of rotatable bonds is 25. The standard InChI is InChI=1S/C53H53F2N15O7S4.2O3S/c1-8-69(9-2)36-19-21-41(65-67-51-56-29-38(79-51)27-39(30(6)71)46(73)57-34-17-13-15-32(54)23-34)43(25-36)59-49-62-50(64-52(63-49)78-12-5)60-44-26-37(70(10-3)11-4)20-22-42(44)66-68-53-61-48(81(75,76)77)45(80-53)28-40(31(7)72)47(74)58-35-18-14-16-33(55)24-35;2*1-4(2)3/h13-29H,8-12H2,1-7H3,(H,57,73)(H,58,74)(H,75,76,77)(H2,59,60,62,63,64);;/b39-27+,40-28-,67-65?,68-66?;;. The number of carbonyl (C=O) groups is 4. The maximum absolute atomic E-state index is 13.9. The molecule has 468 valence electrons. The monoisotopic (exact) mass is 1340 g/mol. The minimum absolute atomic E-state index is 0.0355. The summed E-state index contributed by atoms with van der Waals surface area (Å²) in [5, 5.41) is 28.5. The number of nitrogens with one attached hydrogen (secondary N) is 4. The van der Waals surface area contributed by atoms with Crippen LogP contribution < -0.4 is 31.1 Å². The Hall–Kier alpha value is -9.33. The number of ketones is 2. The van der Waals surface area contributed by atoms with Gasteiger partial charge in [-0.1, -0.05) is 53.5 Å². The molecule has 0 saturated carbocycles. The highest BCUT2D eigenvalue weighted by Gasteiger charge is 2.25. The number of Topliss-reactive ketones (excluding diaryl/α,β-unsaturated/α-hetero) is 2. The van der Waals surface area contributed by atoms with E-state index < -0.39 is 76.9 Å². The Kier molecular flexibility index (Phi) is 26.7. The lowest BCUT2D eigenvalue weighted by molar-refractivity contribution is -0.120. The fourth-order valence-electron chi connectivity index (χ4n) is 7.56. The molecule has 0 aliphatic rings. The van der Waals surface area contributed by atoms with Crippen LogP contribution in [0.2, 0.25) is 0 Å². The van der Waals surface area contributed by atoms with E-state index in [0.29, 0.717) is 70.4 Å². The molecule has 0 fully saturated rings. The number of hydrogen-bond donors (Lipinski definition) is 5. The number of azo groups is 2. The minimum Gasteiger partial charge on any atom is -0.372 e. The molecule has 0 atom stereocenters. The van der Waals surface area contributed by atoms with Crippen LogP contribution >= 0.6 is 34.4 Å². The summed E-state index contributed by atoms with van der Waals surface area (Å²) in [5.74, 6) is -3.39. The first-order chi connectivity index (χ1) is 42.2. The van der Waals surface area contributed by atoms with E-state index in [1.807, 2.05) is 52.8 Å². The zero-order valence-electron chi connectivity index (χ0n) is 47.8. The second kappa shape index (κ2) is 33.7. The van der Waals surface area contributed by atoms with Gasteiger partial charge in [-0.3, -0.25) is 23.7 Å². The van der Waals surface area contributed by atoms with E-state index in [2.05, 4.69) is 61.5 Å². The molecule has 0 unspecified atom stereocenters. The molecule has 7 aromatic rings. The first-order valence-corrected chi connectivity index (χ1v) is 31.9. The molecule has 0 aliphatic carbocycles. The molecule has 89 heavy (non-hydrogen) atoms. The quantitative estimate of drug-likeness (QED) is 0.00886. The Morgan fingerprint density at radius 3 is 1.48 bits per heavy atom. The van der Waals surface area contributed by atoms with E-state index in [1.165, 1.54) is 61.3 Å². The second-order valence-corrected chi connectivity index (χ2v) is 22.8. The fourth-order valence-corrected chi connectivity index (χ4v) is 10.5. The van der Waals surface area contributed by atoms with Crippen molar-refractivity contribution < 1.29 is 66.2 Å². The van der Waals surface area contributed by atoms with Gasteiger partial charge < -0.3 is 31.1 Å². The fraction of sp³-hybridized carbons (Fsp3) is 0.226. The summed E-state index contributed by atoms with van der Waals surface area (Å²) in [4.78, 5) is 78.4. The molecular weight excluding hydrogens is 1290 g/mol. The number of thiazole rings is 2. The van der Waals surface area contributed by atoms with E-state index in [0.717, 1.165) is 53.9 Å². The van der Waals surface area contributed by atoms with Gasteiger partial charge in [-0.15, -0.1) is 45.7 Å². The van der Waals surface area contributed by atoms with E-state index in [1.54, 1.807) is 18.2 Å². The summed E-state index contributed by atoms with van der Waals surface area (Å²) >= 11 is 3.04. The van der Waals surface area contributed by atoms with Crippen molar-refractivity contribution in [2.45, 2.75) is 58.6 Å². The van der Waals surface area contributed by atoms with Crippen molar-refractivity contribution in [2.75, 3.05) is 63.0 Å². The van der Waals surface area contributed by atoms with E-state index in [9.17, 15) is 40.9 Å². The first kappa shape index (κ1) is 70.4. The predicted molar refractivity (Wildman–Crippen MR) is 332 cm³/mol. The van der Waals surface area contributed by atoms with Crippen molar-refractivity contribution in [3.63, 3.8) is 0 Å². The van der Waals surface area contributed by atoms with Crippen molar-refractivity contribution in [3.05, 3.63) is 124 Å². The van der Waals surface area contributed by atoms with Crippen LogP contribution in [0.4, 0.5) is 76.4 Å². The Labute approximate surface area is 522 Å². The molecule has 0 saturated heterocycles. The number of thioether (sulfide) groups is 1. The van der Waals surface area contributed by atoms with Crippen LogP contribution in [-0.2, 0) is 50.5 Å². The lowest BCUT2D eigenvalue weighted by Gasteiger charge is -2.22. The van der Waals surface area contributed by atoms with Crippen molar-refractivity contribution in [2.24, 2.45) is 20.5 Å². The third-order valence-corrected chi connectivity index (χ3v) is 14.8. The average Bonchev–Trinajstić information content (AvgIpc) is 2.71. The molecule has 0 bridgehead atoms. The summed E-state index contributed by atoms with van der Waals surface area (Å²) in [6.07, 6.45) is 3.76. The molecule has 7 rings (SSSR count). The minimum atomic E-state index is -5.04. The maximum Gasteiger partial charge on any atom is 0.425 e. The Bertz CT molecular complexity index is 4200. The normalized spacial score (nSPS) is 11.4. The molecule has 0 aliphatic heterocycles. The number of amides is 2. The predicted octanol–water partition coefficient (Wildman–Crippen LogP) is 10.6. The van der Waals surface area contributed by atoms with Crippen LogP contribution in [0.25, 0.3) is 12.2 Å². The third-order valence-electron chi connectivity index (χ3n) is 11.4. The van der Waals surface area contributed by atoms with Gasteiger partial charge >= 0.3 is 31.3 Å². The van der Waals surface area contributed by atoms with Crippen molar-refractivity contribution in [3.8, 4) is 0 Å². The summed E-state index contributed by atoms with van der Waals surface area (Å²) in [7, 11) is -11.3. The number of benzene rings is 4. The van der Waals surface area contributed by atoms with Gasteiger partial charge in [0.15, 0.2) is 16.7 Å². The highest BCUT2D eigenvalue weighted by molar-refractivity contribution is 7.99. The molecule has 3 aromatic heterocycles. The number of hydrogen-bond acceptors (Lipinski definition) is 28. The van der Waals surface area contributed by atoms with Gasteiger partial charge in [0.2, 0.25) is 27.2 Å². The zero-order valence-corrected chi connectivity index (χ0v) is 52.7. The van der Waals surface area contributed by atoms with Gasteiger partial charge in [-0.2, -0.15) is 23.4 Å². The molecule has 36 heteroatoms. The van der Waals surface area contributed by atoms with Crippen LogP contribution in [0.15, 0.2) is 133 Å². The van der Waals surface area contributed by atoms with Gasteiger partial charge in [0.05, 0.1) is 32.3 Å². The molecule has 2 amide bonds. The average molecular weight is 1340 g/mol. The topological polar surface area (TPSA) is 394 Å². The van der Waals surface area contributed by atoms with Crippen LogP contribution in [0.5, 0.6) is 0 Å². The zero-order chi connectivity index (χ0) is 65.5. The smallest absolute Gasteiger partial charge is 0.372 e. The Morgan fingerprint density at radius 2 is 1.07 bits per heavy atom. The SMILES string of the molecule is CCSc1nc(Nc2cc(N(CC)CC)ccc2N=Nc2ncc(/C=C(\C(C)=O)C(=O)Nc3cccc(F)c3)s2)nc(Nc2cc(N(CC)CC)ccc2N=Nc2nc(S(=O)(=O)O)c(/C=C(/C(C)=O)C(=O)Nc3cccc(F)c3)s2)n1.O=S(=O)=O.O=S(=O)=O. The number of nitrogens with zero attached hydrogens (tertiary/aromatic N) is 11. The summed E-state index contributed by atoms with van der Waals surface area (Å²) in [6, 6.07) is 21.0. The largest absolute Gasteiger partial charge is 0.425 e. The Balaban J connectivity index is 0.00000170. The van der Waals surface area contributed by atoms with Crippen LogP contribution in [0.3, 0.4) is 0 Å². The van der Waals surface area contributed by atoms with E-state index >= 15 is 0 Å². The highest BCUT2D eigenvalue weighted by atomic mass is 32.2. The molecule has 0 radical (unpaired) electrons. The number of anilines is 8. The number of aromatic nitrogens is 5. The molecular formula is C53H53F2N15O13S6. The maximum atomic E-state index is 13.9. The lowest BCUT2D eigenvalue weighted by Crippen LogP contribution is -2.21. The molecule has 0 spiro atoms. The molecule has 5 N–H and O–H groups in total. The van der Waals surface area contributed by atoms with E-state index in [4.69, 9.17) is 40.2 Å². The van der Waals surface area contributed by atoms with Gasteiger partial charge in [0.1, 0.15) is 23.0 Å². The molecule has 28 nitrogen and oxygen atoms in total. The summed E-state index contributed by atoms with van der Waals surface area (Å²) < 4.78 is 114. The van der Waals surface area contributed by atoms with Gasteiger partial charge in [0, 0.05) is 55.1 Å². The van der Waals surface area contributed by atoms with E-state index in [-0.39, 0.29) is 49.7 Å². The van der Waals surface area contributed by atoms with Gasteiger partial charge in [-0.25, -0.2) is 18.7 Å². The van der Waals surface area contributed by atoms with Gasteiger partial charge in [0.25, 0.3) is 11.8 Å². The van der Waals surface area contributed by atoms with Crippen molar-refractivity contribution >= 4 is 169 Å². The second-order valence-electron chi connectivity index (χ2n) is 17.3. The first-order valence-electron chi connectivity index (χ1n) is 25.8. The third kappa shape index (κ3) is 22.1. The van der Waals surface area contributed by atoms with Crippen LogP contribution in [-0.4, -0.2) is 118 Å². The highest BCUT2D eigenvalue weighted by Crippen LogP contribution is 2.38. The molecule has 3 heterocycles. The summed E-state index contributed by atoms with van der Waals surface area (Å²) in [5.41, 5.74) is 2.56. The lowest BCUT2D eigenvalue weighted by atomic mass is 10.1. The van der Waals surface area contributed by atoms with Crippen LogP contribution in [0, 0.1) is 11.6 Å². The van der Waals surface area contributed by atoms with Gasteiger partial charge in [-0.05, 0) is 132 Å². The Morgan fingerprint density at radius 1 is 0.618 bits per heavy atom. The van der Waals surface area contributed by atoms with Crippen molar-refractivity contribution in [1.29, 1.82) is 0 Å².